The first-order valence-electron chi connectivity index (χ1n) is 8.73. The topological polar surface area (TPSA) is 115 Å². The van der Waals surface area contributed by atoms with Gasteiger partial charge in [-0.3, -0.25) is 4.57 Å². The molecule has 9 nitrogen and oxygen atoms in total. The summed E-state index contributed by atoms with van der Waals surface area (Å²) in [6, 6.07) is 5.82. The third kappa shape index (κ3) is 4.38. The Morgan fingerprint density at radius 2 is 1.85 bits per heavy atom. The van der Waals surface area contributed by atoms with Crippen molar-refractivity contribution in [3.8, 4) is 5.69 Å². The number of aryl methyl sites for hydroxylation is 1. The van der Waals surface area contributed by atoms with Crippen molar-refractivity contribution in [2.24, 2.45) is 7.05 Å². The van der Waals surface area contributed by atoms with Crippen molar-refractivity contribution in [2.75, 3.05) is 11.6 Å². The third-order valence-electron chi connectivity index (χ3n) is 4.76. The minimum Gasteiger partial charge on any atom is -0.334 e. The van der Waals surface area contributed by atoms with Crippen molar-refractivity contribution in [1.29, 1.82) is 0 Å². The van der Waals surface area contributed by atoms with E-state index in [4.69, 9.17) is 0 Å². The van der Waals surface area contributed by atoms with Crippen LogP contribution in [0.25, 0.3) is 5.69 Å². The Bertz CT molecular complexity index is 977. The highest BCUT2D eigenvalue weighted by atomic mass is 32.2. The van der Waals surface area contributed by atoms with Crippen LogP contribution in [0.2, 0.25) is 0 Å². The van der Waals surface area contributed by atoms with Gasteiger partial charge in [0, 0.05) is 25.0 Å². The average Bonchev–Trinajstić information content (AvgIpc) is 2.94. The maximum atomic E-state index is 12.3. The number of nitrogens with one attached hydrogen (secondary N) is 2. The number of sulfone groups is 1. The number of anilines is 1. The van der Waals surface area contributed by atoms with Gasteiger partial charge in [-0.1, -0.05) is 12.8 Å². The van der Waals surface area contributed by atoms with Gasteiger partial charge >= 0.3 is 11.7 Å². The monoisotopic (exact) mass is 393 g/mol. The normalized spacial score (nSPS) is 20.2. The fraction of sp³-hybridized carbons (Fsp3) is 0.471. The molecular weight excluding hydrogens is 370 g/mol. The number of aromatic nitrogens is 3. The Kier molecular flexibility index (Phi) is 5.36. The lowest BCUT2D eigenvalue weighted by Gasteiger charge is -2.30. The molecule has 1 saturated carbocycles. The molecule has 0 unspecified atom stereocenters. The summed E-state index contributed by atoms with van der Waals surface area (Å²) in [5, 5.41) is 8.93. The molecule has 1 aliphatic carbocycles. The van der Waals surface area contributed by atoms with Crippen LogP contribution in [0.5, 0.6) is 0 Å². The maximum Gasteiger partial charge on any atom is 0.350 e. The number of urea groups is 1. The van der Waals surface area contributed by atoms with E-state index in [0.29, 0.717) is 24.2 Å². The van der Waals surface area contributed by atoms with Gasteiger partial charge in [0.25, 0.3) is 0 Å². The van der Waals surface area contributed by atoms with Gasteiger partial charge in [-0.05, 0) is 37.1 Å². The minimum absolute atomic E-state index is 0.266. The van der Waals surface area contributed by atoms with Gasteiger partial charge in [-0.15, -0.1) is 0 Å². The zero-order chi connectivity index (χ0) is 19.6. The van der Waals surface area contributed by atoms with Crippen LogP contribution >= 0.6 is 0 Å². The summed E-state index contributed by atoms with van der Waals surface area (Å²) in [5.41, 5.74) is 0.848. The van der Waals surface area contributed by atoms with Crippen molar-refractivity contribution < 1.29 is 13.2 Å². The standard InChI is InChI=1S/C17H23N5O4S/c1-21-11-18-22(17(21)24)13-9-7-12(8-10-13)19-16(23)20-14-5-3-4-6-15(14)27(2,25)26/h7-11,14-15H,3-6H2,1-2H3,(H2,19,20,23)/t14-,15-/m1/s1. The number of hydrogen-bond donors (Lipinski definition) is 2. The van der Waals surface area contributed by atoms with Crippen LogP contribution in [-0.4, -0.2) is 46.3 Å². The number of rotatable bonds is 4. The molecule has 2 aromatic rings. The van der Waals surface area contributed by atoms with E-state index < -0.39 is 21.1 Å². The SMILES string of the molecule is Cn1cnn(-c2ccc(NC(=O)N[C@@H]3CCCC[C@H]3S(C)(=O)=O)cc2)c1=O. The lowest BCUT2D eigenvalue weighted by Crippen LogP contribution is -2.49. The van der Waals surface area contributed by atoms with Gasteiger partial charge < -0.3 is 10.6 Å². The lowest BCUT2D eigenvalue weighted by atomic mass is 9.95. The Balaban J connectivity index is 1.65. The molecule has 0 radical (unpaired) electrons. The molecule has 1 heterocycles. The summed E-state index contributed by atoms with van der Waals surface area (Å²) in [4.78, 5) is 24.2. The molecule has 0 bridgehead atoms. The van der Waals surface area contributed by atoms with Gasteiger partial charge in [0.15, 0.2) is 9.84 Å². The van der Waals surface area contributed by atoms with Crippen LogP contribution < -0.4 is 16.3 Å². The second-order valence-corrected chi connectivity index (χ2v) is 9.11. The number of nitrogens with zero attached hydrogens (tertiary/aromatic N) is 3. The summed E-state index contributed by atoms with van der Waals surface area (Å²) < 4.78 is 26.5. The van der Waals surface area contributed by atoms with E-state index in [9.17, 15) is 18.0 Å². The summed E-state index contributed by atoms with van der Waals surface area (Å²) in [6.07, 6.45) is 5.60. The minimum atomic E-state index is -3.22. The Morgan fingerprint density at radius 1 is 1.19 bits per heavy atom. The second kappa shape index (κ2) is 7.55. The Hall–Kier alpha value is -2.62. The van der Waals surface area contributed by atoms with Gasteiger partial charge in [0.05, 0.1) is 10.9 Å². The molecule has 3 rings (SSSR count). The summed E-state index contributed by atoms with van der Waals surface area (Å²) >= 11 is 0. The van der Waals surface area contributed by atoms with Gasteiger partial charge in [-0.25, -0.2) is 18.0 Å². The van der Waals surface area contributed by atoms with Crippen molar-refractivity contribution in [2.45, 2.75) is 37.0 Å². The summed E-state index contributed by atoms with van der Waals surface area (Å²) in [5.74, 6) is 0. The largest absolute Gasteiger partial charge is 0.350 e. The summed E-state index contributed by atoms with van der Waals surface area (Å²) in [7, 11) is -1.60. The molecule has 0 spiro atoms. The fourth-order valence-electron chi connectivity index (χ4n) is 3.35. The smallest absolute Gasteiger partial charge is 0.334 e. The van der Waals surface area contributed by atoms with E-state index in [2.05, 4.69) is 15.7 Å². The fourth-order valence-corrected chi connectivity index (χ4v) is 4.75. The quantitative estimate of drug-likeness (QED) is 0.806. The first-order chi connectivity index (χ1) is 12.8. The molecule has 2 atom stereocenters. The number of amides is 2. The molecule has 27 heavy (non-hydrogen) atoms. The van der Waals surface area contributed by atoms with Gasteiger partial charge in [0.2, 0.25) is 0 Å². The van der Waals surface area contributed by atoms with Crippen molar-refractivity contribution in [1.82, 2.24) is 19.7 Å². The highest BCUT2D eigenvalue weighted by Crippen LogP contribution is 2.24. The molecule has 2 N–H and O–H groups in total. The van der Waals surface area contributed by atoms with E-state index in [-0.39, 0.29) is 11.7 Å². The maximum absolute atomic E-state index is 12.3. The molecule has 1 aromatic carbocycles. The predicted octanol–water partition coefficient (Wildman–Crippen LogP) is 1.05. The zero-order valence-electron chi connectivity index (χ0n) is 15.3. The first kappa shape index (κ1) is 19.2. The van der Waals surface area contributed by atoms with E-state index >= 15 is 0 Å². The Labute approximate surface area is 157 Å². The number of carbonyl (C=O) groups is 1. The van der Waals surface area contributed by atoms with Gasteiger partial charge in [0.1, 0.15) is 6.33 Å². The third-order valence-corrected chi connectivity index (χ3v) is 6.43. The molecule has 1 aromatic heterocycles. The first-order valence-corrected chi connectivity index (χ1v) is 10.7. The van der Waals surface area contributed by atoms with Crippen LogP contribution in [0.1, 0.15) is 25.7 Å². The molecule has 146 valence electrons. The molecule has 1 fully saturated rings. The lowest BCUT2D eigenvalue weighted by molar-refractivity contribution is 0.244. The Morgan fingerprint density at radius 3 is 2.44 bits per heavy atom. The van der Waals surface area contributed by atoms with Crippen LogP contribution in [0, 0.1) is 0 Å². The molecule has 10 heteroatoms. The average molecular weight is 393 g/mol. The highest BCUT2D eigenvalue weighted by molar-refractivity contribution is 7.91. The van der Waals surface area contributed by atoms with E-state index in [0.717, 1.165) is 12.8 Å². The number of carbonyl (C=O) groups excluding carboxylic acids is 1. The van der Waals surface area contributed by atoms with Crippen LogP contribution in [-0.2, 0) is 16.9 Å². The summed E-state index contributed by atoms with van der Waals surface area (Å²) in [6.45, 7) is 0. The van der Waals surface area contributed by atoms with Crippen molar-refractivity contribution in [3.63, 3.8) is 0 Å². The van der Waals surface area contributed by atoms with E-state index in [1.807, 2.05) is 0 Å². The van der Waals surface area contributed by atoms with Crippen molar-refractivity contribution in [3.05, 3.63) is 41.1 Å². The van der Waals surface area contributed by atoms with Crippen LogP contribution in [0.4, 0.5) is 10.5 Å². The van der Waals surface area contributed by atoms with Crippen molar-refractivity contribution >= 4 is 21.6 Å². The van der Waals surface area contributed by atoms with E-state index in [1.54, 1.807) is 31.3 Å². The molecule has 0 aliphatic heterocycles. The predicted molar refractivity (Wildman–Crippen MR) is 102 cm³/mol. The highest BCUT2D eigenvalue weighted by Gasteiger charge is 2.33. The van der Waals surface area contributed by atoms with Crippen LogP contribution in [0.15, 0.2) is 35.4 Å². The van der Waals surface area contributed by atoms with E-state index in [1.165, 1.54) is 21.8 Å². The van der Waals surface area contributed by atoms with Crippen LogP contribution in [0.3, 0.4) is 0 Å². The molecule has 0 saturated heterocycles. The molecule has 2 amide bonds. The van der Waals surface area contributed by atoms with Gasteiger partial charge in [-0.2, -0.15) is 9.78 Å². The molecular formula is C17H23N5O4S. The number of benzene rings is 1. The number of hydrogen-bond acceptors (Lipinski definition) is 5. The zero-order valence-corrected chi connectivity index (χ0v) is 16.1. The molecule has 1 aliphatic rings. The second-order valence-electron chi connectivity index (χ2n) is 6.84.